The molecule has 1 fully saturated rings. The van der Waals surface area contributed by atoms with Crippen molar-refractivity contribution < 1.29 is 0 Å². The third kappa shape index (κ3) is 5.67. The zero-order chi connectivity index (χ0) is 36.2. The van der Waals surface area contributed by atoms with Crippen molar-refractivity contribution in [2.24, 2.45) is 0 Å². The van der Waals surface area contributed by atoms with E-state index in [0.29, 0.717) is 0 Å². The smallest absolute Gasteiger partial charge is 0.249 e. The van der Waals surface area contributed by atoms with Gasteiger partial charge in [-0.3, -0.25) is 0 Å². The lowest BCUT2D eigenvalue weighted by molar-refractivity contribution is 0.690. The lowest BCUT2D eigenvalue weighted by Gasteiger charge is -2.75. The molecule has 0 atom stereocenters. The predicted octanol–water partition coefficient (Wildman–Crippen LogP) is 4.19. The molecule has 0 unspecified atom stereocenters. The van der Waals surface area contributed by atoms with E-state index in [1.807, 2.05) is 0 Å². The number of benzene rings is 8. The molecule has 260 valence electrons. The van der Waals surface area contributed by atoms with Crippen molar-refractivity contribution in [1.29, 1.82) is 0 Å². The molecule has 0 N–H and O–H groups in total. The van der Waals surface area contributed by atoms with Crippen LogP contribution in [0.5, 0.6) is 0 Å². The Morgan fingerprint density at radius 2 is 0.389 bits per heavy atom. The molecule has 0 aromatic heterocycles. The van der Waals surface area contributed by atoms with Crippen LogP contribution in [0.2, 0.25) is 0 Å². The molecule has 0 amide bonds. The van der Waals surface area contributed by atoms with Gasteiger partial charge in [-0.05, 0) is 41.5 Å². The quantitative estimate of drug-likeness (QED) is 0.193. The van der Waals surface area contributed by atoms with Gasteiger partial charge >= 0.3 is 0 Å². The van der Waals surface area contributed by atoms with Crippen molar-refractivity contribution in [2.45, 2.75) is 0 Å². The number of nitrogens with zero attached hydrogens (tertiary/aromatic N) is 2. The molecule has 0 aliphatic carbocycles. The Labute approximate surface area is 325 Å². The first-order valence-electron chi connectivity index (χ1n) is 18.9. The standard InChI is InChI=1S/C48H42N2Si4/c1-9-25-41(26-10-1)51(42-27-11-2-12-28-42)49-53(45-33-17-5-18-34-45,46-35-19-6-20-36-46)50(52(43-29-13-3-14-30-43)44-31-15-4-16-32-44)54(49,47-37-21-7-22-38-47)48-39-23-8-24-40-48/h1-40,51-52H. The number of hydrogen-bond donors (Lipinski definition) is 0. The predicted molar refractivity (Wildman–Crippen MR) is 238 cm³/mol. The summed E-state index contributed by atoms with van der Waals surface area (Å²) in [5.41, 5.74) is 0. The van der Waals surface area contributed by atoms with Gasteiger partial charge in [0.2, 0.25) is 16.8 Å². The van der Waals surface area contributed by atoms with Gasteiger partial charge in [-0.1, -0.05) is 243 Å². The van der Waals surface area contributed by atoms with Crippen LogP contribution in [-0.2, 0) is 0 Å². The van der Waals surface area contributed by atoms with Crippen LogP contribution >= 0.6 is 0 Å². The van der Waals surface area contributed by atoms with Crippen LogP contribution in [0.3, 0.4) is 0 Å². The van der Waals surface area contributed by atoms with Gasteiger partial charge in [0.05, 0.1) is 0 Å². The highest BCUT2D eigenvalue weighted by Gasteiger charge is 2.76. The molecule has 9 rings (SSSR count). The molecule has 2 nitrogen and oxygen atoms in total. The first-order chi connectivity index (χ1) is 26.8. The molecule has 0 saturated carbocycles. The van der Waals surface area contributed by atoms with Gasteiger partial charge in [-0.25, -0.2) is 0 Å². The summed E-state index contributed by atoms with van der Waals surface area (Å²) in [5, 5.41) is 11.6. The van der Waals surface area contributed by atoms with Crippen molar-refractivity contribution in [3.63, 3.8) is 0 Å². The molecule has 0 spiro atoms. The van der Waals surface area contributed by atoms with Gasteiger partial charge in [-0.2, -0.15) is 0 Å². The van der Waals surface area contributed by atoms with E-state index in [9.17, 15) is 0 Å². The second kappa shape index (κ2) is 15.1. The summed E-state index contributed by atoms with van der Waals surface area (Å²) in [6.07, 6.45) is 0. The molecule has 1 aliphatic rings. The minimum Gasteiger partial charge on any atom is -0.326 e. The summed E-state index contributed by atoms with van der Waals surface area (Å²) in [6.45, 7) is 0. The molecular formula is C48H42N2Si4. The van der Waals surface area contributed by atoms with Crippen molar-refractivity contribution >= 4 is 76.2 Å². The first-order valence-corrected chi connectivity index (χ1v) is 26.0. The molecular weight excluding hydrogens is 717 g/mol. The van der Waals surface area contributed by atoms with Gasteiger partial charge in [-0.15, -0.1) is 0 Å². The number of rotatable bonds is 10. The molecule has 8 aromatic carbocycles. The van der Waals surface area contributed by atoms with E-state index in [0.717, 1.165) is 0 Å². The Balaban J connectivity index is 1.52. The van der Waals surface area contributed by atoms with Crippen molar-refractivity contribution in [3.05, 3.63) is 243 Å². The molecule has 6 heteroatoms. The Morgan fingerprint density at radius 1 is 0.222 bits per heavy atom. The first kappa shape index (κ1) is 34.3. The zero-order valence-corrected chi connectivity index (χ0v) is 34.5. The summed E-state index contributed by atoms with van der Waals surface area (Å²) >= 11 is 0. The fourth-order valence-electron chi connectivity index (χ4n) is 9.05. The maximum Gasteiger partial charge on any atom is 0.249 e. The monoisotopic (exact) mass is 758 g/mol. The summed E-state index contributed by atoms with van der Waals surface area (Å²) in [7, 11) is -10.6. The average molecular weight is 759 g/mol. The SMILES string of the molecule is c1ccc([SiH](c2ccccc2)N2[Si](c3ccccc3)(c3ccccc3)N([SiH](c3ccccc3)c3ccccc3)[Si]2(c2ccccc2)c2ccccc2)cc1. The molecule has 1 heterocycles. The topological polar surface area (TPSA) is 6.48 Å². The highest BCUT2D eigenvalue weighted by molar-refractivity contribution is 7.35. The Hall–Kier alpha value is -5.45. The molecule has 8 aromatic rings. The Morgan fingerprint density at radius 3 is 0.574 bits per heavy atom. The summed E-state index contributed by atoms with van der Waals surface area (Å²) in [6, 6.07) is 92.7. The maximum atomic E-state index is 3.28. The second-order valence-corrected chi connectivity index (χ2v) is 29.2. The van der Waals surface area contributed by atoms with E-state index in [1.54, 1.807) is 0 Å². The van der Waals surface area contributed by atoms with E-state index < -0.39 is 34.7 Å². The highest BCUT2D eigenvalue weighted by Crippen LogP contribution is 2.40. The van der Waals surface area contributed by atoms with Gasteiger partial charge in [0, 0.05) is 0 Å². The van der Waals surface area contributed by atoms with E-state index >= 15 is 0 Å². The third-order valence-electron chi connectivity index (χ3n) is 11.1. The lowest BCUT2D eigenvalue weighted by atomic mass is 10.4. The van der Waals surface area contributed by atoms with E-state index in [-0.39, 0.29) is 0 Å². The molecule has 1 saturated heterocycles. The molecule has 54 heavy (non-hydrogen) atoms. The highest BCUT2D eigenvalue weighted by atomic mass is 28.6. The minimum absolute atomic E-state index is 1.44. The van der Waals surface area contributed by atoms with Crippen LogP contribution in [0.1, 0.15) is 0 Å². The van der Waals surface area contributed by atoms with Gasteiger partial charge in [0.1, 0.15) is 0 Å². The van der Waals surface area contributed by atoms with Crippen molar-refractivity contribution in [1.82, 2.24) is 7.79 Å². The van der Waals surface area contributed by atoms with Crippen molar-refractivity contribution in [2.75, 3.05) is 0 Å². The van der Waals surface area contributed by atoms with E-state index in [1.165, 1.54) is 41.5 Å². The molecule has 1 aliphatic heterocycles. The van der Waals surface area contributed by atoms with Crippen LogP contribution < -0.4 is 41.5 Å². The minimum atomic E-state index is -3.06. The average Bonchev–Trinajstić information content (AvgIpc) is 3.26. The Kier molecular flexibility index (Phi) is 9.61. The summed E-state index contributed by atoms with van der Waals surface area (Å²) in [4.78, 5) is 0. The molecule has 0 radical (unpaired) electrons. The van der Waals surface area contributed by atoms with E-state index in [2.05, 4.69) is 250 Å². The third-order valence-corrected chi connectivity index (χ3v) is 35.0. The van der Waals surface area contributed by atoms with Crippen LogP contribution in [-0.4, -0.2) is 42.5 Å². The summed E-state index contributed by atoms with van der Waals surface area (Å²) < 4.78 is 6.57. The van der Waals surface area contributed by atoms with Crippen LogP contribution in [0.15, 0.2) is 243 Å². The largest absolute Gasteiger partial charge is 0.326 e. The fourth-order valence-corrected chi connectivity index (χ4v) is 43.6. The maximum absolute atomic E-state index is 3.28. The van der Waals surface area contributed by atoms with Crippen LogP contribution in [0.25, 0.3) is 0 Å². The van der Waals surface area contributed by atoms with Crippen molar-refractivity contribution in [3.8, 4) is 0 Å². The van der Waals surface area contributed by atoms with Gasteiger partial charge in [0.25, 0.3) is 0 Å². The van der Waals surface area contributed by atoms with Crippen LogP contribution in [0.4, 0.5) is 0 Å². The number of hydrogen-bond acceptors (Lipinski definition) is 2. The zero-order valence-electron chi connectivity index (χ0n) is 30.1. The van der Waals surface area contributed by atoms with E-state index in [4.69, 9.17) is 0 Å². The molecule has 0 bridgehead atoms. The van der Waals surface area contributed by atoms with Gasteiger partial charge < -0.3 is 7.79 Å². The second-order valence-electron chi connectivity index (χ2n) is 14.0. The van der Waals surface area contributed by atoms with Crippen LogP contribution in [0, 0.1) is 0 Å². The summed E-state index contributed by atoms with van der Waals surface area (Å²) in [5.74, 6) is 0. The normalized spacial score (nSPS) is 15.1. The lowest BCUT2D eigenvalue weighted by Crippen LogP contribution is -3.11. The fraction of sp³-hybridized carbons (Fsp3) is 0. The Bertz CT molecular complexity index is 2050. The van der Waals surface area contributed by atoms with Gasteiger partial charge in [0.15, 0.2) is 17.9 Å².